The maximum absolute atomic E-state index is 12.2. The van der Waals surface area contributed by atoms with Crippen molar-refractivity contribution >= 4 is 17.4 Å². The second kappa shape index (κ2) is 8.34. The van der Waals surface area contributed by atoms with Gasteiger partial charge in [0.2, 0.25) is 0 Å². The average molecular weight is 349 g/mol. The number of pyridine rings is 1. The summed E-state index contributed by atoms with van der Waals surface area (Å²) in [6, 6.07) is 13.5. The van der Waals surface area contributed by atoms with Gasteiger partial charge >= 0.3 is 0 Å². The van der Waals surface area contributed by atoms with Crippen molar-refractivity contribution in [3.8, 4) is 0 Å². The first kappa shape index (κ1) is 17.7. The molecule has 1 aromatic carbocycles. The molecule has 134 valence electrons. The van der Waals surface area contributed by atoms with E-state index in [0.717, 1.165) is 24.3 Å². The molecule has 3 aromatic rings. The van der Waals surface area contributed by atoms with Gasteiger partial charge < -0.3 is 15.1 Å². The molecule has 0 aliphatic carbocycles. The second-order valence-electron chi connectivity index (χ2n) is 5.98. The van der Waals surface area contributed by atoms with Gasteiger partial charge in [0.05, 0.1) is 18.4 Å². The number of carbonyl (C=O) groups excluding carboxylic acids is 1. The molecule has 5 nitrogen and oxygen atoms in total. The summed E-state index contributed by atoms with van der Waals surface area (Å²) >= 11 is 0. The van der Waals surface area contributed by atoms with E-state index in [1.807, 2.05) is 12.1 Å². The SMILES string of the molecule is CCc1cccc(CC)c1Nc1ccc(C(=O)NCc2ccco2)cn1. The molecule has 0 saturated carbocycles. The Morgan fingerprint density at radius 2 is 1.81 bits per heavy atom. The van der Waals surface area contributed by atoms with Crippen molar-refractivity contribution in [1.82, 2.24) is 10.3 Å². The number of hydrogen-bond acceptors (Lipinski definition) is 4. The molecular formula is C21H23N3O2. The Bertz CT molecular complexity index is 833. The summed E-state index contributed by atoms with van der Waals surface area (Å²) in [4.78, 5) is 16.6. The molecule has 0 radical (unpaired) electrons. The number of aryl methyl sites for hydroxylation is 2. The lowest BCUT2D eigenvalue weighted by Crippen LogP contribution is -2.22. The van der Waals surface area contributed by atoms with Crippen LogP contribution in [0.3, 0.4) is 0 Å². The highest BCUT2D eigenvalue weighted by Crippen LogP contribution is 2.25. The first-order chi connectivity index (χ1) is 12.7. The maximum Gasteiger partial charge on any atom is 0.253 e. The predicted octanol–water partition coefficient (Wildman–Crippen LogP) is 4.47. The zero-order valence-electron chi connectivity index (χ0n) is 15.1. The van der Waals surface area contributed by atoms with Crippen molar-refractivity contribution in [3.05, 3.63) is 77.4 Å². The molecule has 2 aromatic heterocycles. The van der Waals surface area contributed by atoms with Crippen molar-refractivity contribution < 1.29 is 9.21 Å². The van der Waals surface area contributed by atoms with Gasteiger partial charge in [-0.15, -0.1) is 0 Å². The molecular weight excluding hydrogens is 326 g/mol. The Hall–Kier alpha value is -3.08. The van der Waals surface area contributed by atoms with Crippen LogP contribution in [0.1, 0.15) is 41.1 Å². The van der Waals surface area contributed by atoms with E-state index in [-0.39, 0.29) is 5.91 Å². The van der Waals surface area contributed by atoms with Gasteiger partial charge in [0.1, 0.15) is 11.6 Å². The van der Waals surface area contributed by atoms with E-state index in [1.54, 1.807) is 24.6 Å². The summed E-state index contributed by atoms with van der Waals surface area (Å²) in [7, 11) is 0. The third-order valence-corrected chi connectivity index (χ3v) is 4.28. The minimum Gasteiger partial charge on any atom is -0.467 e. The number of nitrogens with one attached hydrogen (secondary N) is 2. The molecule has 1 amide bonds. The molecule has 0 bridgehead atoms. The lowest BCUT2D eigenvalue weighted by atomic mass is 10.0. The van der Waals surface area contributed by atoms with Crippen LogP contribution >= 0.6 is 0 Å². The van der Waals surface area contributed by atoms with Gasteiger partial charge in [0.15, 0.2) is 0 Å². The molecule has 26 heavy (non-hydrogen) atoms. The fraction of sp³-hybridized carbons (Fsp3) is 0.238. The standard InChI is InChI=1S/C21H23N3O2/c1-3-15-7-5-8-16(4-2)20(15)24-19-11-10-17(13-22-19)21(25)23-14-18-9-6-12-26-18/h5-13H,3-4,14H2,1-2H3,(H,22,24)(H,23,25). The summed E-state index contributed by atoms with van der Waals surface area (Å²) in [5.41, 5.74) is 4.14. The number of carbonyl (C=O) groups is 1. The van der Waals surface area contributed by atoms with Crippen molar-refractivity contribution in [2.75, 3.05) is 5.32 Å². The fourth-order valence-corrected chi connectivity index (χ4v) is 2.82. The smallest absolute Gasteiger partial charge is 0.253 e. The summed E-state index contributed by atoms with van der Waals surface area (Å²) < 4.78 is 5.21. The Morgan fingerprint density at radius 1 is 1.04 bits per heavy atom. The normalized spacial score (nSPS) is 10.5. The maximum atomic E-state index is 12.2. The molecule has 3 rings (SSSR count). The van der Waals surface area contributed by atoms with E-state index in [0.29, 0.717) is 17.9 Å². The van der Waals surface area contributed by atoms with Crippen molar-refractivity contribution in [2.45, 2.75) is 33.2 Å². The molecule has 2 N–H and O–H groups in total. The Morgan fingerprint density at radius 3 is 2.38 bits per heavy atom. The number of hydrogen-bond donors (Lipinski definition) is 2. The molecule has 0 aliphatic rings. The minimum atomic E-state index is -0.177. The lowest BCUT2D eigenvalue weighted by molar-refractivity contribution is 0.0947. The van der Waals surface area contributed by atoms with E-state index in [4.69, 9.17) is 4.42 Å². The van der Waals surface area contributed by atoms with Gasteiger partial charge in [0.25, 0.3) is 5.91 Å². The van der Waals surface area contributed by atoms with Gasteiger partial charge in [-0.05, 0) is 48.2 Å². The number of para-hydroxylation sites is 1. The highest BCUT2D eigenvalue weighted by molar-refractivity contribution is 5.94. The molecule has 0 aliphatic heterocycles. The molecule has 0 fully saturated rings. The molecule has 0 spiro atoms. The van der Waals surface area contributed by atoms with E-state index in [2.05, 4.69) is 47.7 Å². The third-order valence-electron chi connectivity index (χ3n) is 4.28. The quantitative estimate of drug-likeness (QED) is 0.660. The van der Waals surface area contributed by atoms with E-state index >= 15 is 0 Å². The van der Waals surface area contributed by atoms with E-state index in [9.17, 15) is 4.79 Å². The van der Waals surface area contributed by atoms with Crippen molar-refractivity contribution in [3.63, 3.8) is 0 Å². The largest absolute Gasteiger partial charge is 0.467 e. The zero-order valence-corrected chi connectivity index (χ0v) is 15.1. The highest BCUT2D eigenvalue weighted by Gasteiger charge is 2.09. The number of rotatable bonds is 7. The number of aromatic nitrogens is 1. The first-order valence-electron chi connectivity index (χ1n) is 8.85. The molecule has 0 unspecified atom stereocenters. The second-order valence-corrected chi connectivity index (χ2v) is 5.98. The first-order valence-corrected chi connectivity index (χ1v) is 8.85. The predicted molar refractivity (Wildman–Crippen MR) is 103 cm³/mol. The number of furan rings is 1. The van der Waals surface area contributed by atoms with Crippen LogP contribution in [0, 0.1) is 0 Å². The van der Waals surface area contributed by atoms with Crippen LogP contribution in [0.4, 0.5) is 11.5 Å². The Labute approximate surface area is 153 Å². The average Bonchev–Trinajstić information content (AvgIpc) is 3.20. The topological polar surface area (TPSA) is 67.2 Å². The van der Waals surface area contributed by atoms with Gasteiger partial charge in [-0.1, -0.05) is 32.0 Å². The number of anilines is 2. The van der Waals surface area contributed by atoms with Gasteiger partial charge in [-0.25, -0.2) is 4.98 Å². The van der Waals surface area contributed by atoms with Gasteiger partial charge in [-0.3, -0.25) is 4.79 Å². The molecule has 0 atom stereocenters. The number of nitrogens with zero attached hydrogens (tertiary/aromatic N) is 1. The summed E-state index contributed by atoms with van der Waals surface area (Å²) in [6.07, 6.45) is 5.06. The summed E-state index contributed by atoms with van der Waals surface area (Å²) in [5.74, 6) is 1.26. The van der Waals surface area contributed by atoms with E-state index in [1.165, 1.54) is 11.1 Å². The Kier molecular flexibility index (Phi) is 5.69. The third kappa shape index (κ3) is 4.11. The van der Waals surface area contributed by atoms with Crippen molar-refractivity contribution in [1.29, 1.82) is 0 Å². The van der Waals surface area contributed by atoms with Crippen LogP contribution in [0.2, 0.25) is 0 Å². The summed E-state index contributed by atoms with van der Waals surface area (Å²) in [6.45, 7) is 4.63. The van der Waals surface area contributed by atoms with E-state index < -0.39 is 0 Å². The van der Waals surface area contributed by atoms with Crippen LogP contribution in [-0.4, -0.2) is 10.9 Å². The minimum absolute atomic E-state index is 0.177. The molecule has 2 heterocycles. The van der Waals surface area contributed by atoms with Crippen LogP contribution in [0.5, 0.6) is 0 Å². The van der Waals surface area contributed by atoms with Gasteiger partial charge in [-0.2, -0.15) is 0 Å². The fourth-order valence-electron chi connectivity index (χ4n) is 2.82. The van der Waals surface area contributed by atoms with Crippen LogP contribution in [0.15, 0.2) is 59.3 Å². The Balaban J connectivity index is 1.69. The van der Waals surface area contributed by atoms with Crippen LogP contribution in [-0.2, 0) is 19.4 Å². The highest BCUT2D eigenvalue weighted by atomic mass is 16.3. The monoisotopic (exact) mass is 349 g/mol. The van der Waals surface area contributed by atoms with Gasteiger partial charge in [0, 0.05) is 11.9 Å². The van der Waals surface area contributed by atoms with Crippen molar-refractivity contribution in [2.24, 2.45) is 0 Å². The van der Waals surface area contributed by atoms with Crippen LogP contribution < -0.4 is 10.6 Å². The number of benzene rings is 1. The van der Waals surface area contributed by atoms with Crippen LogP contribution in [0.25, 0.3) is 0 Å². The number of amides is 1. The zero-order chi connectivity index (χ0) is 18.4. The molecule has 5 heteroatoms. The molecule has 0 saturated heterocycles. The lowest BCUT2D eigenvalue weighted by Gasteiger charge is -2.15. The summed E-state index contributed by atoms with van der Waals surface area (Å²) in [5, 5.41) is 6.22.